The number of rotatable bonds is 2. The maximum atomic E-state index is 13.5. The van der Waals surface area contributed by atoms with E-state index in [0.717, 1.165) is 25.9 Å². The van der Waals surface area contributed by atoms with Gasteiger partial charge in [0.2, 0.25) is 0 Å². The summed E-state index contributed by atoms with van der Waals surface area (Å²) in [5, 5.41) is 8.81. The summed E-state index contributed by atoms with van der Waals surface area (Å²) < 4.78 is 13.5. The predicted octanol–water partition coefficient (Wildman–Crippen LogP) is 2.24. The molecule has 0 saturated carbocycles. The SMILES string of the molecule is CN1CCC(N2C(N)=NC=C3N=CN(c4ccc(F)c(Cl)c4)C(=N)C32)CC1. The van der Waals surface area contributed by atoms with Gasteiger partial charge in [0, 0.05) is 11.7 Å². The van der Waals surface area contributed by atoms with Gasteiger partial charge in [0.05, 0.1) is 16.9 Å². The quantitative estimate of drug-likeness (QED) is 0.812. The van der Waals surface area contributed by atoms with Crippen LogP contribution in [0, 0.1) is 11.2 Å². The van der Waals surface area contributed by atoms with Gasteiger partial charge in [-0.05, 0) is 51.2 Å². The summed E-state index contributed by atoms with van der Waals surface area (Å²) in [7, 11) is 2.10. The van der Waals surface area contributed by atoms with E-state index in [-0.39, 0.29) is 16.9 Å². The standard InChI is InChI=1S/C18H21ClFN7/c1-25-6-4-11(5-7-25)27-16-15(9-23-18(27)22)24-10-26(17(16)21)12-2-3-14(20)13(19)8-12/h2-3,8-11,16,21H,4-7H2,1H3,(H2,22,23). The van der Waals surface area contributed by atoms with Gasteiger partial charge in [0.25, 0.3) is 0 Å². The van der Waals surface area contributed by atoms with Crippen LogP contribution in [-0.4, -0.2) is 60.2 Å². The van der Waals surface area contributed by atoms with Gasteiger partial charge in [-0.25, -0.2) is 14.4 Å². The molecule has 0 aromatic heterocycles. The molecular formula is C18H21ClFN7. The minimum atomic E-state index is -0.497. The molecule has 9 heteroatoms. The molecule has 0 bridgehead atoms. The second-order valence-electron chi connectivity index (χ2n) is 6.98. The number of benzene rings is 1. The highest BCUT2D eigenvalue weighted by Crippen LogP contribution is 2.31. The van der Waals surface area contributed by atoms with Crippen LogP contribution < -0.4 is 10.6 Å². The third-order valence-corrected chi connectivity index (χ3v) is 5.55. The lowest BCUT2D eigenvalue weighted by atomic mass is 9.98. The Morgan fingerprint density at radius 3 is 2.74 bits per heavy atom. The maximum absolute atomic E-state index is 13.5. The van der Waals surface area contributed by atoms with Crippen LogP contribution in [-0.2, 0) is 0 Å². The van der Waals surface area contributed by atoms with Crippen LogP contribution in [0.1, 0.15) is 12.8 Å². The number of amidine groups is 1. The number of nitrogens with one attached hydrogen (secondary N) is 1. The smallest absolute Gasteiger partial charge is 0.197 e. The average Bonchev–Trinajstić information content (AvgIpc) is 2.66. The third-order valence-electron chi connectivity index (χ3n) is 5.26. The van der Waals surface area contributed by atoms with Crippen molar-refractivity contribution in [1.82, 2.24) is 9.80 Å². The van der Waals surface area contributed by atoms with Gasteiger partial charge in [-0.3, -0.25) is 10.3 Å². The summed E-state index contributed by atoms with van der Waals surface area (Å²) in [6, 6.07) is 4.12. The molecule has 1 aromatic carbocycles. The van der Waals surface area contributed by atoms with Crippen molar-refractivity contribution in [3.05, 3.63) is 40.9 Å². The third kappa shape index (κ3) is 3.19. The zero-order valence-electron chi connectivity index (χ0n) is 14.9. The highest BCUT2D eigenvalue weighted by atomic mass is 35.5. The molecular weight excluding hydrogens is 369 g/mol. The van der Waals surface area contributed by atoms with E-state index in [1.165, 1.54) is 18.5 Å². The van der Waals surface area contributed by atoms with Crippen molar-refractivity contribution in [1.29, 1.82) is 5.41 Å². The van der Waals surface area contributed by atoms with Crippen LogP contribution in [0.2, 0.25) is 5.02 Å². The topological polar surface area (TPSA) is 84.3 Å². The van der Waals surface area contributed by atoms with E-state index in [4.69, 9.17) is 22.7 Å². The molecule has 4 rings (SSSR count). The highest BCUT2D eigenvalue weighted by Gasteiger charge is 2.40. The van der Waals surface area contributed by atoms with Crippen LogP contribution in [0.4, 0.5) is 10.1 Å². The average molecular weight is 390 g/mol. The van der Waals surface area contributed by atoms with Crippen molar-refractivity contribution in [2.24, 2.45) is 15.7 Å². The van der Waals surface area contributed by atoms with Gasteiger partial charge < -0.3 is 15.5 Å². The van der Waals surface area contributed by atoms with Crippen molar-refractivity contribution >= 4 is 35.4 Å². The van der Waals surface area contributed by atoms with E-state index < -0.39 is 11.9 Å². The Kier molecular flexibility index (Phi) is 4.61. The van der Waals surface area contributed by atoms with Crippen molar-refractivity contribution in [2.45, 2.75) is 24.9 Å². The van der Waals surface area contributed by atoms with Crippen LogP contribution in [0.15, 0.2) is 40.1 Å². The van der Waals surface area contributed by atoms with Gasteiger partial charge in [0.15, 0.2) is 5.96 Å². The van der Waals surface area contributed by atoms with Gasteiger partial charge >= 0.3 is 0 Å². The Bertz CT molecular complexity index is 857. The van der Waals surface area contributed by atoms with Crippen LogP contribution in [0.3, 0.4) is 0 Å². The molecule has 1 saturated heterocycles. The van der Waals surface area contributed by atoms with Crippen molar-refractivity contribution < 1.29 is 4.39 Å². The second-order valence-corrected chi connectivity index (χ2v) is 7.39. The lowest BCUT2D eigenvalue weighted by molar-refractivity contribution is 0.168. The molecule has 0 radical (unpaired) electrons. The Morgan fingerprint density at radius 1 is 1.30 bits per heavy atom. The molecule has 7 nitrogen and oxygen atoms in total. The summed E-state index contributed by atoms with van der Waals surface area (Å²) in [5.41, 5.74) is 7.48. The normalized spacial score (nSPS) is 24.0. The van der Waals surface area contributed by atoms with Crippen LogP contribution >= 0.6 is 11.6 Å². The Labute approximate surface area is 162 Å². The number of nitrogens with zero attached hydrogens (tertiary/aromatic N) is 5. The van der Waals surface area contributed by atoms with E-state index >= 15 is 0 Å². The van der Waals surface area contributed by atoms with Crippen LogP contribution in [0.25, 0.3) is 0 Å². The first-order chi connectivity index (χ1) is 13.0. The number of anilines is 1. The number of aliphatic imine (C=N–C) groups is 2. The molecule has 1 unspecified atom stereocenters. The van der Waals surface area contributed by atoms with Crippen molar-refractivity contribution in [2.75, 3.05) is 25.0 Å². The number of halogens is 2. The molecule has 1 aromatic rings. The number of hydrogen-bond donors (Lipinski definition) is 2. The Morgan fingerprint density at radius 2 is 2.04 bits per heavy atom. The highest BCUT2D eigenvalue weighted by molar-refractivity contribution is 6.31. The number of guanidine groups is 1. The first kappa shape index (κ1) is 17.9. The molecule has 3 N–H and O–H groups in total. The lowest BCUT2D eigenvalue weighted by Gasteiger charge is -2.45. The number of piperidine rings is 1. The fraction of sp³-hybridized carbons (Fsp3) is 0.389. The Balaban J connectivity index is 1.67. The van der Waals surface area contributed by atoms with E-state index in [2.05, 4.69) is 21.9 Å². The monoisotopic (exact) mass is 389 g/mol. The summed E-state index contributed by atoms with van der Waals surface area (Å²) in [6.07, 6.45) is 5.04. The summed E-state index contributed by atoms with van der Waals surface area (Å²) >= 11 is 5.92. The van der Waals surface area contributed by atoms with Gasteiger partial charge in [-0.1, -0.05) is 11.6 Å². The molecule has 1 atom stereocenters. The molecule has 1 fully saturated rings. The molecule has 3 heterocycles. The number of nitrogens with two attached hydrogens (primary N) is 1. The first-order valence-corrected chi connectivity index (χ1v) is 9.20. The van der Waals surface area contributed by atoms with Crippen LogP contribution in [0.5, 0.6) is 0 Å². The molecule has 0 amide bonds. The van der Waals surface area contributed by atoms with Gasteiger partial charge in [-0.15, -0.1) is 0 Å². The lowest BCUT2D eigenvalue weighted by Crippen LogP contribution is -2.61. The summed E-state index contributed by atoms with van der Waals surface area (Å²) in [6.45, 7) is 1.93. The Hall–Kier alpha value is -2.45. The van der Waals surface area contributed by atoms with E-state index in [1.54, 1.807) is 17.2 Å². The fourth-order valence-electron chi connectivity index (χ4n) is 3.75. The molecule has 0 aliphatic carbocycles. The molecule has 3 aliphatic heterocycles. The van der Waals surface area contributed by atoms with Gasteiger partial charge in [-0.2, -0.15) is 0 Å². The summed E-state index contributed by atoms with van der Waals surface area (Å²) in [5.74, 6) is 0.191. The first-order valence-electron chi connectivity index (χ1n) is 8.83. The minimum absolute atomic E-state index is 0.00642. The van der Waals surface area contributed by atoms with E-state index in [1.807, 2.05) is 4.90 Å². The van der Waals surface area contributed by atoms with Gasteiger partial charge in [0.1, 0.15) is 24.0 Å². The van der Waals surface area contributed by atoms with E-state index in [9.17, 15) is 4.39 Å². The molecule has 3 aliphatic rings. The zero-order valence-corrected chi connectivity index (χ0v) is 15.7. The van der Waals surface area contributed by atoms with E-state index in [0.29, 0.717) is 17.3 Å². The largest absolute Gasteiger partial charge is 0.369 e. The molecule has 142 valence electrons. The summed E-state index contributed by atoms with van der Waals surface area (Å²) in [4.78, 5) is 14.7. The second kappa shape index (κ2) is 6.94. The maximum Gasteiger partial charge on any atom is 0.197 e. The minimum Gasteiger partial charge on any atom is -0.369 e. The fourth-order valence-corrected chi connectivity index (χ4v) is 3.92. The van der Waals surface area contributed by atoms with Crippen molar-refractivity contribution in [3.8, 4) is 0 Å². The number of likely N-dealkylation sites (tertiary alicyclic amines) is 1. The molecule has 27 heavy (non-hydrogen) atoms. The number of hydrogen-bond acceptors (Lipinski definition) is 6. The number of fused-ring (bicyclic) bond motifs is 1. The van der Waals surface area contributed by atoms with Crippen molar-refractivity contribution in [3.63, 3.8) is 0 Å². The molecule has 0 spiro atoms. The zero-order chi connectivity index (χ0) is 19.1. The predicted molar refractivity (Wildman–Crippen MR) is 106 cm³/mol.